The summed E-state index contributed by atoms with van der Waals surface area (Å²) in [6.07, 6.45) is 6.12. The third-order valence-corrected chi connectivity index (χ3v) is 8.38. The molecule has 9 nitrogen and oxygen atoms in total. The van der Waals surface area contributed by atoms with Gasteiger partial charge in [-0.3, -0.25) is 4.79 Å². The second-order valence-electron chi connectivity index (χ2n) is 10.1. The van der Waals surface area contributed by atoms with Crippen LogP contribution in [0.15, 0.2) is 47.7 Å². The zero-order valence-electron chi connectivity index (χ0n) is 21.0. The first-order chi connectivity index (χ1) is 17.8. The minimum Gasteiger partial charge on any atom is -0.501 e. The predicted molar refractivity (Wildman–Crippen MR) is 139 cm³/mol. The number of allylic oxidation sites excluding steroid dienone is 1. The molecule has 10 heteroatoms. The van der Waals surface area contributed by atoms with E-state index < -0.39 is 21.5 Å². The molecule has 1 saturated heterocycles. The highest BCUT2D eigenvalue weighted by atomic mass is 32.2. The second-order valence-corrected chi connectivity index (χ2v) is 11.7. The molecule has 2 aliphatic heterocycles. The van der Waals surface area contributed by atoms with E-state index in [2.05, 4.69) is 9.71 Å². The summed E-state index contributed by atoms with van der Waals surface area (Å²) in [6.45, 7) is 4.04. The average Bonchev–Trinajstić information content (AvgIpc) is 3.70. The SMILES string of the molecule is Cc1ccc(C2=COCCC2)c(OC2(C(=O)NS(=O)(=O)c3cccc(N4CCC[C@@H](CO)C4)n3)CC2)c1. The number of benzene rings is 1. The average molecular weight is 528 g/mol. The molecule has 3 aliphatic rings. The van der Waals surface area contributed by atoms with Crippen molar-refractivity contribution in [3.8, 4) is 5.75 Å². The largest absolute Gasteiger partial charge is 0.501 e. The first-order valence-corrected chi connectivity index (χ1v) is 14.3. The van der Waals surface area contributed by atoms with Crippen molar-refractivity contribution in [2.75, 3.05) is 31.2 Å². The van der Waals surface area contributed by atoms with Gasteiger partial charge in [-0.2, -0.15) is 8.42 Å². The number of amides is 1. The fraction of sp³-hybridized carbons (Fsp3) is 0.481. The Labute approximate surface area is 217 Å². The highest BCUT2D eigenvalue weighted by molar-refractivity contribution is 7.90. The molecule has 198 valence electrons. The number of aryl methyl sites for hydroxylation is 1. The number of aromatic nitrogens is 1. The molecule has 0 spiro atoms. The Morgan fingerprint density at radius 1 is 1.27 bits per heavy atom. The number of carbonyl (C=O) groups excluding carboxylic acids is 1. The Balaban J connectivity index is 1.33. The van der Waals surface area contributed by atoms with Crippen LogP contribution in [-0.2, 0) is 19.6 Å². The van der Waals surface area contributed by atoms with E-state index in [4.69, 9.17) is 9.47 Å². The Hall–Kier alpha value is -3.11. The quantitative estimate of drug-likeness (QED) is 0.538. The van der Waals surface area contributed by atoms with Gasteiger partial charge in [0.2, 0.25) is 0 Å². The van der Waals surface area contributed by atoms with Crippen molar-refractivity contribution in [3.63, 3.8) is 0 Å². The summed E-state index contributed by atoms with van der Waals surface area (Å²) in [6, 6.07) is 10.5. The van der Waals surface area contributed by atoms with E-state index in [-0.39, 0.29) is 17.6 Å². The molecule has 37 heavy (non-hydrogen) atoms. The van der Waals surface area contributed by atoms with Crippen LogP contribution >= 0.6 is 0 Å². The number of anilines is 1. The number of carbonyl (C=O) groups is 1. The lowest BCUT2D eigenvalue weighted by molar-refractivity contribution is -0.127. The zero-order chi connectivity index (χ0) is 26.0. The number of sulfonamides is 1. The van der Waals surface area contributed by atoms with Gasteiger partial charge in [0.1, 0.15) is 11.6 Å². The molecule has 2 N–H and O–H groups in total. The lowest BCUT2D eigenvalue weighted by Gasteiger charge is -2.32. The van der Waals surface area contributed by atoms with E-state index in [9.17, 15) is 18.3 Å². The standard InChI is InChI=1S/C27H33N3O6S/c1-19-9-10-22(21-6-4-14-35-18-21)23(15-19)36-27(11-12-27)26(32)29-37(33,34)25-8-2-7-24(28-25)30-13-3-5-20(16-30)17-31/h2,7-10,15,18,20,31H,3-6,11-14,16-17H2,1H3,(H,29,32)/t20-/m1/s1. The molecule has 3 heterocycles. The van der Waals surface area contributed by atoms with Crippen LogP contribution in [0.3, 0.4) is 0 Å². The molecular weight excluding hydrogens is 494 g/mol. The van der Waals surface area contributed by atoms with Crippen LogP contribution in [0.2, 0.25) is 0 Å². The fourth-order valence-electron chi connectivity index (χ4n) is 4.86. The third kappa shape index (κ3) is 5.60. The van der Waals surface area contributed by atoms with E-state index in [1.807, 2.05) is 30.0 Å². The topological polar surface area (TPSA) is 118 Å². The summed E-state index contributed by atoms with van der Waals surface area (Å²) in [5, 5.41) is 9.30. The Morgan fingerprint density at radius 2 is 2.11 bits per heavy atom. The van der Waals surface area contributed by atoms with Crippen molar-refractivity contribution in [1.29, 1.82) is 0 Å². The zero-order valence-corrected chi connectivity index (χ0v) is 21.8. The number of rotatable bonds is 8. The number of nitrogens with zero attached hydrogens (tertiary/aromatic N) is 2. The maximum atomic E-state index is 13.2. The van der Waals surface area contributed by atoms with Gasteiger partial charge in [0.05, 0.1) is 12.9 Å². The molecular formula is C27H33N3O6S. The number of hydrogen-bond acceptors (Lipinski definition) is 8. The van der Waals surface area contributed by atoms with Gasteiger partial charge < -0.3 is 19.5 Å². The Morgan fingerprint density at radius 3 is 2.84 bits per heavy atom. The van der Waals surface area contributed by atoms with Crippen LogP contribution in [0, 0.1) is 12.8 Å². The summed E-state index contributed by atoms with van der Waals surface area (Å²) in [5.74, 6) is 0.493. The summed E-state index contributed by atoms with van der Waals surface area (Å²) in [7, 11) is -4.21. The van der Waals surface area contributed by atoms with Crippen molar-refractivity contribution in [3.05, 3.63) is 53.8 Å². The minimum atomic E-state index is -4.21. The van der Waals surface area contributed by atoms with Crippen molar-refractivity contribution in [2.24, 2.45) is 5.92 Å². The number of hydrogen-bond donors (Lipinski definition) is 2. The van der Waals surface area contributed by atoms with Crippen molar-refractivity contribution in [2.45, 2.75) is 56.1 Å². The minimum absolute atomic E-state index is 0.0829. The van der Waals surface area contributed by atoms with Crippen molar-refractivity contribution in [1.82, 2.24) is 9.71 Å². The first kappa shape index (κ1) is 25.5. The van der Waals surface area contributed by atoms with Crippen LogP contribution in [0.1, 0.15) is 49.7 Å². The first-order valence-electron chi connectivity index (χ1n) is 12.8. The molecule has 1 amide bonds. The van der Waals surface area contributed by atoms with Crippen LogP contribution in [0.4, 0.5) is 5.82 Å². The molecule has 1 aromatic heterocycles. The molecule has 2 fully saturated rings. The number of ether oxygens (including phenoxy) is 2. The van der Waals surface area contributed by atoms with Crippen LogP contribution in [-0.4, -0.2) is 56.3 Å². The molecule has 1 aromatic carbocycles. The maximum absolute atomic E-state index is 13.2. The van der Waals surface area contributed by atoms with E-state index in [1.54, 1.807) is 18.4 Å². The Kier molecular flexibility index (Phi) is 7.13. The number of piperidine rings is 1. The molecule has 0 unspecified atom stereocenters. The van der Waals surface area contributed by atoms with Gasteiger partial charge in [0.15, 0.2) is 10.6 Å². The molecule has 5 rings (SSSR count). The number of nitrogens with one attached hydrogen (secondary N) is 1. The molecule has 0 radical (unpaired) electrons. The summed E-state index contributed by atoms with van der Waals surface area (Å²) >= 11 is 0. The van der Waals surface area contributed by atoms with Gasteiger partial charge in [-0.25, -0.2) is 9.71 Å². The third-order valence-electron chi connectivity index (χ3n) is 7.15. The van der Waals surface area contributed by atoms with E-state index in [0.717, 1.165) is 48.9 Å². The predicted octanol–water partition coefficient (Wildman–Crippen LogP) is 3.17. The highest BCUT2D eigenvalue weighted by Crippen LogP contribution is 2.43. The summed E-state index contributed by atoms with van der Waals surface area (Å²) < 4.78 is 40.3. The molecule has 2 aromatic rings. The number of aliphatic hydroxyl groups is 1. The number of aliphatic hydroxyl groups excluding tert-OH is 1. The van der Waals surface area contributed by atoms with Gasteiger partial charge in [-0.05, 0) is 67.9 Å². The lowest BCUT2D eigenvalue weighted by Crippen LogP contribution is -2.43. The molecule has 1 atom stereocenters. The van der Waals surface area contributed by atoms with Crippen LogP contribution in [0.5, 0.6) is 5.75 Å². The monoisotopic (exact) mass is 527 g/mol. The fourth-order valence-corrected chi connectivity index (χ4v) is 5.87. The van der Waals surface area contributed by atoms with E-state index in [0.29, 0.717) is 37.6 Å². The summed E-state index contributed by atoms with van der Waals surface area (Å²) in [4.78, 5) is 19.6. The van der Waals surface area contributed by atoms with Gasteiger partial charge in [-0.15, -0.1) is 0 Å². The Bertz CT molecular complexity index is 1300. The van der Waals surface area contributed by atoms with Gasteiger partial charge >= 0.3 is 0 Å². The molecule has 1 saturated carbocycles. The van der Waals surface area contributed by atoms with Gasteiger partial charge in [0, 0.05) is 38.1 Å². The van der Waals surface area contributed by atoms with Crippen LogP contribution in [0.25, 0.3) is 5.57 Å². The lowest BCUT2D eigenvalue weighted by atomic mass is 9.99. The van der Waals surface area contributed by atoms with Gasteiger partial charge in [-0.1, -0.05) is 18.2 Å². The smallest absolute Gasteiger partial charge is 0.281 e. The molecule has 0 bridgehead atoms. The highest BCUT2D eigenvalue weighted by Gasteiger charge is 2.54. The maximum Gasteiger partial charge on any atom is 0.281 e. The van der Waals surface area contributed by atoms with E-state index >= 15 is 0 Å². The number of pyridine rings is 1. The van der Waals surface area contributed by atoms with Gasteiger partial charge in [0.25, 0.3) is 15.9 Å². The second kappa shape index (κ2) is 10.3. The summed E-state index contributed by atoms with van der Waals surface area (Å²) in [5.41, 5.74) is 1.57. The molecule has 1 aliphatic carbocycles. The normalized spacial score (nSPS) is 21.0. The van der Waals surface area contributed by atoms with Crippen LogP contribution < -0.4 is 14.4 Å². The van der Waals surface area contributed by atoms with E-state index in [1.165, 1.54) is 6.07 Å². The van der Waals surface area contributed by atoms with Crippen molar-refractivity contribution >= 4 is 27.3 Å². The van der Waals surface area contributed by atoms with Crippen molar-refractivity contribution < 1.29 is 27.8 Å².